The van der Waals surface area contributed by atoms with Crippen LogP contribution in [0.15, 0.2) is 85.6 Å². The summed E-state index contributed by atoms with van der Waals surface area (Å²) < 4.78 is 11.1. The molecule has 1 amide bonds. The molecule has 0 aliphatic rings. The first-order chi connectivity index (χ1) is 14.2. The minimum atomic E-state index is -0.356. The molecule has 148 valence electrons. The number of methoxy groups -OCH3 is 1. The van der Waals surface area contributed by atoms with Crippen LogP contribution >= 0.6 is 0 Å². The molecule has 5 nitrogen and oxygen atoms in total. The molecule has 1 unspecified atom stereocenters. The van der Waals surface area contributed by atoms with Crippen molar-refractivity contribution >= 4 is 5.91 Å². The lowest BCUT2D eigenvalue weighted by Gasteiger charge is -2.19. The van der Waals surface area contributed by atoms with Crippen LogP contribution in [0.1, 0.15) is 22.9 Å². The van der Waals surface area contributed by atoms with Gasteiger partial charge in [-0.05, 0) is 41.8 Å². The maximum Gasteiger partial charge on any atom is 0.258 e. The van der Waals surface area contributed by atoms with Crippen LogP contribution < -0.4 is 14.8 Å². The van der Waals surface area contributed by atoms with Crippen molar-refractivity contribution in [2.75, 3.05) is 13.7 Å². The van der Waals surface area contributed by atoms with Gasteiger partial charge in [-0.2, -0.15) is 0 Å². The molecule has 1 aromatic heterocycles. The molecule has 0 bridgehead atoms. The first-order valence-electron chi connectivity index (χ1n) is 9.37. The van der Waals surface area contributed by atoms with Crippen molar-refractivity contribution in [3.63, 3.8) is 0 Å². The lowest BCUT2D eigenvalue weighted by atomic mass is 10.0. The van der Waals surface area contributed by atoms with Crippen LogP contribution in [0.2, 0.25) is 0 Å². The fourth-order valence-electron chi connectivity index (χ4n) is 2.99. The van der Waals surface area contributed by atoms with Crippen LogP contribution in [0.5, 0.6) is 11.5 Å². The predicted molar refractivity (Wildman–Crippen MR) is 113 cm³/mol. The zero-order valence-electron chi connectivity index (χ0n) is 16.4. The van der Waals surface area contributed by atoms with Gasteiger partial charge in [-0.25, -0.2) is 0 Å². The molecule has 0 aliphatic carbocycles. The molecule has 0 spiro atoms. The monoisotopic (exact) mass is 388 g/mol. The molecule has 0 fully saturated rings. The number of nitrogens with zero attached hydrogens (tertiary/aromatic N) is 1. The second kappa shape index (κ2) is 10.1. The quantitative estimate of drug-likeness (QED) is 0.561. The normalized spacial score (nSPS) is 11.3. The Hall–Kier alpha value is -3.60. The molecular formula is C24H24N2O3. The van der Waals surface area contributed by atoms with Crippen LogP contribution in [-0.2, 0) is 11.2 Å². The largest absolute Gasteiger partial charge is 0.493 e. The molecule has 0 saturated carbocycles. The number of nitrogens with one attached hydrogen (secondary N) is 1. The smallest absolute Gasteiger partial charge is 0.258 e. The molecule has 1 atom stereocenters. The van der Waals surface area contributed by atoms with Crippen molar-refractivity contribution in [1.82, 2.24) is 10.3 Å². The summed E-state index contributed by atoms with van der Waals surface area (Å²) in [7, 11) is 1.58. The minimum Gasteiger partial charge on any atom is -0.493 e. The molecule has 29 heavy (non-hydrogen) atoms. The number of ether oxygens (including phenoxy) is 2. The van der Waals surface area contributed by atoms with E-state index in [1.165, 1.54) is 0 Å². The Kier molecular flexibility index (Phi) is 7.00. The topological polar surface area (TPSA) is 60.5 Å². The number of benzene rings is 2. The highest BCUT2D eigenvalue weighted by molar-refractivity contribution is 5.78. The summed E-state index contributed by atoms with van der Waals surface area (Å²) in [5.74, 6) is 0.854. The van der Waals surface area contributed by atoms with Gasteiger partial charge in [-0.3, -0.25) is 9.78 Å². The van der Waals surface area contributed by atoms with Crippen LogP contribution in [0.4, 0.5) is 0 Å². The van der Waals surface area contributed by atoms with Gasteiger partial charge < -0.3 is 14.8 Å². The van der Waals surface area contributed by atoms with Gasteiger partial charge in [0.2, 0.25) is 0 Å². The van der Waals surface area contributed by atoms with Crippen molar-refractivity contribution < 1.29 is 14.3 Å². The number of rotatable bonds is 9. The predicted octanol–water partition coefficient (Wildman–Crippen LogP) is 4.10. The van der Waals surface area contributed by atoms with Gasteiger partial charge >= 0.3 is 0 Å². The third-order valence-corrected chi connectivity index (χ3v) is 4.39. The molecule has 1 N–H and O–H groups in total. The van der Waals surface area contributed by atoms with Crippen molar-refractivity contribution in [2.24, 2.45) is 0 Å². The highest BCUT2D eigenvalue weighted by atomic mass is 16.5. The van der Waals surface area contributed by atoms with Gasteiger partial charge in [0.25, 0.3) is 5.91 Å². The molecule has 2 aromatic carbocycles. The summed E-state index contributed by atoms with van der Waals surface area (Å²) in [4.78, 5) is 17.0. The Morgan fingerprint density at radius 2 is 1.90 bits per heavy atom. The van der Waals surface area contributed by atoms with Crippen LogP contribution in [0.25, 0.3) is 0 Å². The summed E-state index contributed by atoms with van der Waals surface area (Å²) >= 11 is 0. The van der Waals surface area contributed by atoms with Gasteiger partial charge in [-0.15, -0.1) is 6.58 Å². The van der Waals surface area contributed by atoms with Crippen molar-refractivity contribution in [1.29, 1.82) is 0 Å². The highest BCUT2D eigenvalue weighted by Gasteiger charge is 2.18. The standard InChI is InChI=1S/C24H24N2O3/c1-3-9-18-13-14-21(22(16-18)28-2)29-17-23(27)26-24(19-10-5-4-6-11-19)20-12-7-8-15-25-20/h3-8,10-16,24H,1,9,17H2,2H3,(H,26,27). The minimum absolute atomic E-state index is 0.132. The van der Waals surface area contributed by atoms with Crippen molar-refractivity contribution in [2.45, 2.75) is 12.5 Å². The Bertz CT molecular complexity index is 903. The Morgan fingerprint density at radius 3 is 2.59 bits per heavy atom. The molecule has 0 saturated heterocycles. The second-order valence-electron chi connectivity index (χ2n) is 6.43. The summed E-state index contributed by atoms with van der Waals surface area (Å²) in [6.45, 7) is 3.61. The fraction of sp³-hybridized carbons (Fsp3) is 0.167. The third kappa shape index (κ3) is 5.45. The second-order valence-corrected chi connectivity index (χ2v) is 6.43. The van der Waals surface area contributed by atoms with Gasteiger partial charge in [0, 0.05) is 6.20 Å². The number of amides is 1. The van der Waals surface area contributed by atoms with Crippen LogP contribution in [0, 0.1) is 0 Å². The first kappa shape index (κ1) is 20.1. The summed E-state index contributed by atoms with van der Waals surface area (Å²) in [5.41, 5.74) is 2.78. The molecule has 3 rings (SSSR count). The maximum absolute atomic E-state index is 12.6. The van der Waals surface area contributed by atoms with Crippen molar-refractivity contribution in [3.05, 3.63) is 102 Å². The van der Waals surface area contributed by atoms with E-state index in [0.29, 0.717) is 11.5 Å². The molecule has 1 heterocycles. The molecular weight excluding hydrogens is 364 g/mol. The van der Waals surface area contributed by atoms with E-state index in [-0.39, 0.29) is 18.6 Å². The van der Waals surface area contributed by atoms with Gasteiger partial charge in [0.05, 0.1) is 18.8 Å². The molecule has 0 radical (unpaired) electrons. The first-order valence-corrected chi connectivity index (χ1v) is 9.37. The van der Waals surface area contributed by atoms with E-state index in [0.717, 1.165) is 23.2 Å². The number of carbonyl (C=O) groups is 1. The molecule has 3 aromatic rings. The number of allylic oxidation sites excluding steroid dienone is 1. The summed E-state index contributed by atoms with van der Waals surface area (Å²) in [6, 6.07) is 20.6. The van der Waals surface area contributed by atoms with E-state index in [2.05, 4.69) is 16.9 Å². The van der Waals surface area contributed by atoms with E-state index in [9.17, 15) is 4.79 Å². The fourth-order valence-corrected chi connectivity index (χ4v) is 2.99. The Balaban J connectivity index is 1.70. The zero-order chi connectivity index (χ0) is 20.5. The van der Waals surface area contributed by atoms with E-state index in [1.54, 1.807) is 19.4 Å². The van der Waals surface area contributed by atoms with E-state index < -0.39 is 0 Å². The van der Waals surface area contributed by atoms with Crippen LogP contribution in [-0.4, -0.2) is 24.6 Å². The average molecular weight is 388 g/mol. The maximum atomic E-state index is 12.6. The summed E-state index contributed by atoms with van der Waals surface area (Å²) in [5, 5.41) is 3.01. The summed E-state index contributed by atoms with van der Waals surface area (Å²) in [6.07, 6.45) is 4.27. The van der Waals surface area contributed by atoms with Gasteiger partial charge in [0.1, 0.15) is 0 Å². The number of aromatic nitrogens is 1. The lowest BCUT2D eigenvalue weighted by molar-refractivity contribution is -0.123. The number of carbonyl (C=O) groups excluding carboxylic acids is 1. The van der Waals surface area contributed by atoms with Gasteiger partial charge in [0.15, 0.2) is 18.1 Å². The van der Waals surface area contributed by atoms with Gasteiger partial charge in [-0.1, -0.05) is 48.5 Å². The Labute approximate surface area is 171 Å². The SMILES string of the molecule is C=CCc1ccc(OCC(=O)NC(c2ccccc2)c2ccccn2)c(OC)c1. The van der Waals surface area contributed by atoms with E-state index >= 15 is 0 Å². The average Bonchev–Trinajstić information content (AvgIpc) is 2.78. The van der Waals surface area contributed by atoms with Crippen molar-refractivity contribution in [3.8, 4) is 11.5 Å². The molecule has 5 heteroatoms. The number of hydrogen-bond donors (Lipinski definition) is 1. The lowest BCUT2D eigenvalue weighted by Crippen LogP contribution is -2.33. The number of hydrogen-bond acceptors (Lipinski definition) is 4. The third-order valence-electron chi connectivity index (χ3n) is 4.39. The highest BCUT2D eigenvalue weighted by Crippen LogP contribution is 2.28. The van der Waals surface area contributed by atoms with Crippen LogP contribution in [0.3, 0.4) is 0 Å². The Morgan fingerprint density at radius 1 is 1.10 bits per heavy atom. The number of pyridine rings is 1. The van der Waals surface area contributed by atoms with E-state index in [4.69, 9.17) is 9.47 Å². The zero-order valence-corrected chi connectivity index (χ0v) is 16.4. The molecule has 0 aliphatic heterocycles. The van der Waals surface area contributed by atoms with E-state index in [1.807, 2.05) is 66.7 Å².